The third kappa shape index (κ3) is 5.93. The summed E-state index contributed by atoms with van der Waals surface area (Å²) in [6.07, 6.45) is 9.37. The molecule has 40 heavy (non-hydrogen) atoms. The first-order valence-corrected chi connectivity index (χ1v) is 14.1. The van der Waals surface area contributed by atoms with Crippen LogP contribution in [0.25, 0.3) is 17.1 Å². The Kier molecular flexibility index (Phi) is 7.61. The lowest BCUT2D eigenvalue weighted by Gasteiger charge is -2.28. The number of carbonyl (C=O) groups excluding carboxylic acids is 2. The highest BCUT2D eigenvalue weighted by Crippen LogP contribution is 2.25. The maximum absolute atomic E-state index is 12.9. The normalized spacial score (nSPS) is 20.6. The van der Waals surface area contributed by atoms with Gasteiger partial charge in [0, 0.05) is 29.6 Å². The number of benzene rings is 1. The predicted octanol–water partition coefficient (Wildman–Crippen LogP) is 3.10. The number of likely N-dealkylation sites (tertiary alicyclic amines) is 2. The molecule has 0 bridgehead atoms. The molecule has 6 rings (SSSR count). The molecular formula is C30H36N8O2. The monoisotopic (exact) mass is 540 g/mol. The molecule has 2 aromatic heterocycles. The van der Waals surface area contributed by atoms with Gasteiger partial charge in [-0.25, -0.2) is 9.98 Å². The lowest BCUT2D eigenvalue weighted by Crippen LogP contribution is -2.42. The second kappa shape index (κ2) is 11.6. The van der Waals surface area contributed by atoms with Crippen LogP contribution in [0.4, 0.5) is 5.69 Å². The first-order chi connectivity index (χ1) is 19.5. The molecule has 2 fully saturated rings. The lowest BCUT2D eigenvalue weighted by atomic mass is 9.96. The molecule has 10 heteroatoms. The van der Waals surface area contributed by atoms with Crippen molar-refractivity contribution >= 4 is 40.6 Å². The van der Waals surface area contributed by atoms with Crippen LogP contribution in [0.15, 0.2) is 59.5 Å². The molecule has 0 spiro atoms. The van der Waals surface area contributed by atoms with Crippen LogP contribution in [0.5, 0.6) is 0 Å². The zero-order valence-electron chi connectivity index (χ0n) is 22.8. The molecule has 0 saturated carbocycles. The largest absolute Gasteiger partial charge is 0.348 e. The van der Waals surface area contributed by atoms with Crippen molar-refractivity contribution in [2.75, 3.05) is 45.1 Å². The number of fused-ring (bicyclic) bond motifs is 1. The molecule has 0 aliphatic carbocycles. The van der Waals surface area contributed by atoms with Gasteiger partial charge >= 0.3 is 0 Å². The van der Waals surface area contributed by atoms with E-state index in [1.54, 1.807) is 12.3 Å². The van der Waals surface area contributed by atoms with Gasteiger partial charge in [0.2, 0.25) is 11.9 Å². The predicted molar refractivity (Wildman–Crippen MR) is 156 cm³/mol. The van der Waals surface area contributed by atoms with E-state index in [0.29, 0.717) is 23.0 Å². The number of carbonyl (C=O) groups is 2. The molecule has 5 heterocycles. The van der Waals surface area contributed by atoms with Crippen molar-refractivity contribution in [2.24, 2.45) is 10.9 Å². The molecule has 3 aliphatic heterocycles. The summed E-state index contributed by atoms with van der Waals surface area (Å²) in [5, 5.41) is 10.2. The van der Waals surface area contributed by atoms with Crippen LogP contribution in [0, 0.1) is 5.92 Å². The van der Waals surface area contributed by atoms with Gasteiger partial charge in [0.1, 0.15) is 11.3 Å². The van der Waals surface area contributed by atoms with E-state index in [9.17, 15) is 9.59 Å². The van der Waals surface area contributed by atoms with Crippen LogP contribution < -0.4 is 16.0 Å². The van der Waals surface area contributed by atoms with E-state index in [1.807, 2.05) is 30.5 Å². The average molecular weight is 541 g/mol. The third-order valence-electron chi connectivity index (χ3n) is 8.06. The Morgan fingerprint density at radius 2 is 1.93 bits per heavy atom. The number of pyridine rings is 1. The van der Waals surface area contributed by atoms with Crippen LogP contribution in [0.1, 0.15) is 42.9 Å². The minimum Gasteiger partial charge on any atom is -0.348 e. The van der Waals surface area contributed by atoms with E-state index >= 15 is 0 Å². The van der Waals surface area contributed by atoms with Gasteiger partial charge in [-0.2, -0.15) is 0 Å². The molecule has 4 N–H and O–H groups in total. The maximum Gasteiger partial charge on any atom is 0.276 e. The lowest BCUT2D eigenvalue weighted by molar-refractivity contribution is -0.121. The average Bonchev–Trinajstić information content (AvgIpc) is 3.70. The van der Waals surface area contributed by atoms with E-state index in [4.69, 9.17) is 0 Å². The topological polar surface area (TPSA) is 118 Å². The Hall–Kier alpha value is -4.02. The van der Waals surface area contributed by atoms with Gasteiger partial charge in [-0.15, -0.1) is 0 Å². The Labute approximate surface area is 233 Å². The summed E-state index contributed by atoms with van der Waals surface area (Å²) in [6.45, 7) is 4.87. The first kappa shape index (κ1) is 26.2. The fourth-order valence-electron chi connectivity index (χ4n) is 5.72. The molecule has 1 aromatic carbocycles. The summed E-state index contributed by atoms with van der Waals surface area (Å²) in [7, 11) is 2.08. The maximum atomic E-state index is 12.9. The number of rotatable bonds is 7. The van der Waals surface area contributed by atoms with Crippen LogP contribution in [0.2, 0.25) is 0 Å². The number of aromatic nitrogens is 2. The smallest absolute Gasteiger partial charge is 0.276 e. The molecular weight excluding hydrogens is 504 g/mol. The second-order valence-corrected chi connectivity index (χ2v) is 11.0. The number of aromatic amines is 1. The molecule has 3 aliphatic rings. The van der Waals surface area contributed by atoms with Crippen molar-refractivity contribution in [3.63, 3.8) is 0 Å². The number of hydrogen-bond donors (Lipinski definition) is 4. The number of anilines is 1. The summed E-state index contributed by atoms with van der Waals surface area (Å²) < 4.78 is 0. The molecule has 1 unspecified atom stereocenters. The van der Waals surface area contributed by atoms with Crippen molar-refractivity contribution in [3.05, 3.63) is 65.6 Å². The molecule has 10 nitrogen and oxygen atoms in total. The Bertz CT molecular complexity index is 1430. The van der Waals surface area contributed by atoms with Gasteiger partial charge in [-0.1, -0.05) is 30.3 Å². The van der Waals surface area contributed by atoms with E-state index in [0.717, 1.165) is 62.1 Å². The molecule has 208 valence electrons. The minimum atomic E-state index is -0.260. The van der Waals surface area contributed by atoms with Gasteiger partial charge < -0.3 is 25.4 Å². The first-order valence-electron chi connectivity index (χ1n) is 14.1. The van der Waals surface area contributed by atoms with Crippen molar-refractivity contribution in [2.45, 2.75) is 31.7 Å². The number of amides is 2. The Morgan fingerprint density at radius 3 is 2.70 bits per heavy atom. The number of nitrogens with one attached hydrogen (secondary N) is 4. The highest BCUT2D eigenvalue weighted by Gasteiger charge is 2.26. The van der Waals surface area contributed by atoms with E-state index in [1.165, 1.54) is 12.8 Å². The van der Waals surface area contributed by atoms with Gasteiger partial charge in [0.25, 0.3) is 5.91 Å². The number of nitrogens with zero attached hydrogens (tertiary/aromatic N) is 4. The minimum absolute atomic E-state index is 0.00530. The van der Waals surface area contributed by atoms with Crippen LogP contribution in [0.3, 0.4) is 0 Å². The van der Waals surface area contributed by atoms with Gasteiger partial charge in [0.15, 0.2) is 0 Å². The summed E-state index contributed by atoms with van der Waals surface area (Å²) >= 11 is 0. The number of H-pyrrole nitrogens is 1. The van der Waals surface area contributed by atoms with Crippen molar-refractivity contribution in [1.29, 1.82) is 0 Å². The number of guanidine groups is 1. The highest BCUT2D eigenvalue weighted by atomic mass is 16.2. The van der Waals surface area contributed by atoms with E-state index < -0.39 is 0 Å². The van der Waals surface area contributed by atoms with Gasteiger partial charge in [-0.3, -0.25) is 14.9 Å². The molecule has 2 saturated heterocycles. The SMILES string of the molecule is CN1CCC(C(=O)Nc2cnc3[nH]cc(/C=C4/N=C(NC(CN5CCCC5)c5ccccc5)NC4=O)c3c2)CC1. The fourth-order valence-corrected chi connectivity index (χ4v) is 5.72. The van der Waals surface area contributed by atoms with E-state index in [2.05, 4.69) is 59.9 Å². The number of piperidine rings is 1. The van der Waals surface area contributed by atoms with Gasteiger partial charge in [0.05, 0.1) is 17.9 Å². The molecule has 3 aromatic rings. The summed E-state index contributed by atoms with van der Waals surface area (Å²) in [5.41, 5.74) is 3.58. The summed E-state index contributed by atoms with van der Waals surface area (Å²) in [6, 6.07) is 12.2. The Morgan fingerprint density at radius 1 is 1.15 bits per heavy atom. The molecule has 2 amide bonds. The second-order valence-electron chi connectivity index (χ2n) is 11.0. The van der Waals surface area contributed by atoms with Crippen LogP contribution in [-0.4, -0.2) is 77.3 Å². The highest BCUT2D eigenvalue weighted by molar-refractivity contribution is 6.14. The quantitative estimate of drug-likeness (QED) is 0.342. The molecule has 1 atom stereocenters. The number of hydrogen-bond acceptors (Lipinski definition) is 7. The van der Waals surface area contributed by atoms with E-state index in [-0.39, 0.29) is 23.8 Å². The molecule has 0 radical (unpaired) electrons. The Balaban J connectivity index is 1.19. The van der Waals surface area contributed by atoms with Crippen LogP contribution >= 0.6 is 0 Å². The van der Waals surface area contributed by atoms with Gasteiger partial charge in [-0.05, 0) is 76.6 Å². The standard InChI is InChI=1S/C30H36N8O2/c1-37-13-9-21(10-14-37)28(39)33-23-16-24-22(17-31-27(24)32-18-23)15-25-29(40)36-30(34-25)35-26(19-38-11-5-6-12-38)20-7-3-2-4-8-20/h2-4,7-8,15-18,21,26H,5-6,9-14,19H2,1H3,(H,31,32)(H,33,39)(H2,34,35,36,40)/b25-15+. The van der Waals surface area contributed by atoms with Crippen molar-refractivity contribution in [1.82, 2.24) is 30.4 Å². The zero-order chi connectivity index (χ0) is 27.5. The van der Waals surface area contributed by atoms with Crippen molar-refractivity contribution in [3.8, 4) is 0 Å². The summed E-state index contributed by atoms with van der Waals surface area (Å²) in [4.78, 5) is 42.7. The van der Waals surface area contributed by atoms with Crippen LogP contribution in [-0.2, 0) is 9.59 Å². The number of aliphatic imine (C=N–C) groups is 1. The summed E-state index contributed by atoms with van der Waals surface area (Å²) in [5.74, 6) is 0.229. The van der Waals surface area contributed by atoms with Crippen molar-refractivity contribution < 1.29 is 9.59 Å². The zero-order valence-corrected chi connectivity index (χ0v) is 22.8. The third-order valence-corrected chi connectivity index (χ3v) is 8.06. The fraction of sp³-hybridized carbons (Fsp3) is 0.400.